The first kappa shape index (κ1) is 28.9. The average molecular weight is 661 g/mol. The van der Waals surface area contributed by atoms with Gasteiger partial charge in [-0.15, -0.1) is 0 Å². The molecule has 0 saturated carbocycles. The molecule has 0 unspecified atom stereocenters. The third-order valence-electron chi connectivity index (χ3n) is 10.9. The number of benzene rings is 9. The molecule has 2 heteroatoms. The van der Waals surface area contributed by atoms with E-state index >= 15 is 0 Å². The summed E-state index contributed by atoms with van der Waals surface area (Å²) in [4.78, 5) is 0. The molecule has 2 heterocycles. The molecular weight excluding hydrogens is 629 g/mol. The fourth-order valence-electron chi connectivity index (χ4n) is 8.34. The summed E-state index contributed by atoms with van der Waals surface area (Å²) in [6.07, 6.45) is 0. The molecule has 0 radical (unpaired) electrons. The molecule has 2 aromatic heterocycles. The van der Waals surface area contributed by atoms with Crippen LogP contribution in [-0.2, 0) is 0 Å². The first-order valence-electron chi connectivity index (χ1n) is 17.9. The summed E-state index contributed by atoms with van der Waals surface area (Å²) in [5, 5.41) is 10.0. The summed E-state index contributed by atoms with van der Waals surface area (Å²) in [5.74, 6) is 0. The van der Waals surface area contributed by atoms with Crippen LogP contribution in [0.3, 0.4) is 0 Å². The number of aromatic nitrogens is 2. The first-order valence-corrected chi connectivity index (χ1v) is 17.9. The minimum atomic E-state index is 1.15. The number of rotatable bonds is 4. The Bertz CT molecular complexity index is 3160. The number of hydrogen-bond acceptors (Lipinski definition) is 0. The summed E-state index contributed by atoms with van der Waals surface area (Å²) < 4.78 is 4.88. The van der Waals surface area contributed by atoms with E-state index in [2.05, 4.69) is 203 Å². The van der Waals surface area contributed by atoms with E-state index in [9.17, 15) is 0 Å². The fourth-order valence-corrected chi connectivity index (χ4v) is 8.34. The van der Waals surface area contributed by atoms with Crippen LogP contribution >= 0.6 is 0 Å². The Hall–Kier alpha value is -6.90. The van der Waals surface area contributed by atoms with Crippen LogP contribution in [0.4, 0.5) is 0 Å². The highest BCUT2D eigenvalue weighted by Crippen LogP contribution is 2.40. The van der Waals surface area contributed by atoms with Crippen molar-refractivity contribution in [2.24, 2.45) is 0 Å². The van der Waals surface area contributed by atoms with Gasteiger partial charge in [0.2, 0.25) is 0 Å². The second-order valence-electron chi connectivity index (χ2n) is 13.8. The number of nitrogens with zero attached hydrogens (tertiary/aromatic N) is 2. The highest BCUT2D eigenvalue weighted by atomic mass is 15.0. The molecule has 0 aliphatic carbocycles. The van der Waals surface area contributed by atoms with Gasteiger partial charge in [0.15, 0.2) is 0 Å². The maximum Gasteiger partial charge on any atom is 0.0562 e. The lowest BCUT2D eigenvalue weighted by Gasteiger charge is -2.12. The van der Waals surface area contributed by atoms with Crippen molar-refractivity contribution in [3.8, 4) is 33.6 Å². The van der Waals surface area contributed by atoms with Gasteiger partial charge in [-0.2, -0.15) is 0 Å². The lowest BCUT2D eigenvalue weighted by atomic mass is 10.0. The van der Waals surface area contributed by atoms with E-state index in [4.69, 9.17) is 0 Å². The molecule has 0 spiro atoms. The zero-order valence-electron chi connectivity index (χ0n) is 28.4. The van der Waals surface area contributed by atoms with E-state index < -0.39 is 0 Å². The molecule has 0 aliphatic heterocycles. The summed E-state index contributed by atoms with van der Waals surface area (Å²) >= 11 is 0. The first-order chi connectivity index (χ1) is 25.8. The van der Waals surface area contributed by atoms with Crippen LogP contribution in [0.25, 0.3) is 98.8 Å². The van der Waals surface area contributed by atoms with E-state index in [1.54, 1.807) is 0 Å². The fraction of sp³-hybridized carbons (Fsp3) is 0. The topological polar surface area (TPSA) is 9.86 Å². The van der Waals surface area contributed by atoms with Crippen LogP contribution in [0.2, 0.25) is 0 Å². The Labute approximate surface area is 301 Å². The lowest BCUT2D eigenvalue weighted by molar-refractivity contribution is 1.17. The van der Waals surface area contributed by atoms with Crippen LogP contribution in [0.5, 0.6) is 0 Å². The molecule has 0 bridgehead atoms. The van der Waals surface area contributed by atoms with Crippen LogP contribution < -0.4 is 0 Å². The van der Waals surface area contributed by atoms with Crippen molar-refractivity contribution in [3.05, 3.63) is 194 Å². The van der Waals surface area contributed by atoms with Crippen molar-refractivity contribution < 1.29 is 0 Å². The largest absolute Gasteiger partial charge is 0.309 e. The van der Waals surface area contributed by atoms with Crippen molar-refractivity contribution in [1.82, 2.24) is 9.13 Å². The van der Waals surface area contributed by atoms with Gasteiger partial charge in [-0.3, -0.25) is 0 Å². The van der Waals surface area contributed by atoms with Crippen molar-refractivity contribution in [2.75, 3.05) is 0 Å². The third-order valence-corrected chi connectivity index (χ3v) is 10.9. The molecule has 0 amide bonds. The van der Waals surface area contributed by atoms with E-state index in [1.807, 2.05) is 0 Å². The lowest BCUT2D eigenvalue weighted by Crippen LogP contribution is -1.96. The minimum Gasteiger partial charge on any atom is -0.309 e. The van der Waals surface area contributed by atoms with Gasteiger partial charge in [0, 0.05) is 32.9 Å². The Kier molecular flexibility index (Phi) is 6.28. The Morgan fingerprint density at radius 3 is 1.38 bits per heavy atom. The molecule has 9 aromatic carbocycles. The van der Waals surface area contributed by atoms with Gasteiger partial charge in [0.1, 0.15) is 0 Å². The highest BCUT2D eigenvalue weighted by molar-refractivity contribution is 6.19. The van der Waals surface area contributed by atoms with Crippen LogP contribution in [0.1, 0.15) is 0 Å². The van der Waals surface area contributed by atoms with Gasteiger partial charge < -0.3 is 9.13 Å². The van der Waals surface area contributed by atoms with Crippen molar-refractivity contribution in [2.45, 2.75) is 0 Å². The van der Waals surface area contributed by atoms with Gasteiger partial charge in [-0.25, -0.2) is 0 Å². The quantitative estimate of drug-likeness (QED) is 0.178. The van der Waals surface area contributed by atoms with E-state index in [0.717, 1.165) is 11.4 Å². The highest BCUT2D eigenvalue weighted by Gasteiger charge is 2.18. The Balaban J connectivity index is 1.10. The molecule has 0 fully saturated rings. The predicted molar refractivity (Wildman–Crippen MR) is 221 cm³/mol. The molecule has 11 rings (SSSR count). The zero-order valence-corrected chi connectivity index (χ0v) is 28.4. The second kappa shape index (κ2) is 11.3. The van der Waals surface area contributed by atoms with Gasteiger partial charge in [-0.1, -0.05) is 133 Å². The molecule has 0 aliphatic rings. The van der Waals surface area contributed by atoms with Gasteiger partial charge in [0.25, 0.3) is 0 Å². The number of hydrogen-bond donors (Lipinski definition) is 0. The smallest absolute Gasteiger partial charge is 0.0562 e. The van der Waals surface area contributed by atoms with E-state index in [-0.39, 0.29) is 0 Å². The Morgan fingerprint density at radius 1 is 0.231 bits per heavy atom. The maximum atomic E-state index is 2.44. The zero-order chi connectivity index (χ0) is 34.2. The molecule has 242 valence electrons. The molecule has 11 aromatic rings. The molecule has 0 saturated heterocycles. The average Bonchev–Trinajstić information content (AvgIpc) is 3.71. The third kappa shape index (κ3) is 4.44. The number of para-hydroxylation sites is 2. The van der Waals surface area contributed by atoms with Crippen LogP contribution in [-0.4, -0.2) is 9.13 Å². The van der Waals surface area contributed by atoms with Crippen molar-refractivity contribution in [1.29, 1.82) is 0 Å². The molecular formula is C50H32N2. The van der Waals surface area contributed by atoms with Crippen molar-refractivity contribution in [3.63, 3.8) is 0 Å². The standard InChI is InChI=1S/C50H32N2/c1-2-10-33(11-3-1)37-20-21-40-30-42(27-24-39(40)29-37)52-48-17-9-7-15-44(48)46-31-45-43-14-6-8-16-47(43)51(49(45)32-50(46)52)41-25-22-35(23-26-41)38-19-18-34-12-4-5-13-36(34)28-38/h1-32H. The van der Waals surface area contributed by atoms with Crippen LogP contribution in [0.15, 0.2) is 194 Å². The van der Waals surface area contributed by atoms with Gasteiger partial charge in [0.05, 0.1) is 22.1 Å². The Morgan fingerprint density at radius 2 is 0.692 bits per heavy atom. The van der Waals surface area contributed by atoms with Gasteiger partial charge >= 0.3 is 0 Å². The molecule has 52 heavy (non-hydrogen) atoms. The summed E-state index contributed by atoms with van der Waals surface area (Å²) in [6, 6.07) is 71.1. The summed E-state index contributed by atoms with van der Waals surface area (Å²) in [5.41, 5.74) is 12.0. The van der Waals surface area contributed by atoms with E-state index in [0.29, 0.717) is 0 Å². The van der Waals surface area contributed by atoms with Gasteiger partial charge in [-0.05, 0) is 104 Å². The molecule has 0 N–H and O–H groups in total. The summed E-state index contributed by atoms with van der Waals surface area (Å²) in [6.45, 7) is 0. The maximum absolute atomic E-state index is 2.44. The normalized spacial score (nSPS) is 11.8. The van der Waals surface area contributed by atoms with E-state index in [1.165, 1.54) is 87.4 Å². The summed E-state index contributed by atoms with van der Waals surface area (Å²) in [7, 11) is 0. The molecule has 2 nitrogen and oxygen atoms in total. The van der Waals surface area contributed by atoms with Crippen molar-refractivity contribution >= 4 is 65.2 Å². The molecule has 0 atom stereocenters. The predicted octanol–water partition coefficient (Wildman–Crippen LogP) is 13.5. The second-order valence-corrected chi connectivity index (χ2v) is 13.8. The van der Waals surface area contributed by atoms with Crippen LogP contribution in [0, 0.1) is 0 Å². The monoisotopic (exact) mass is 660 g/mol. The SMILES string of the molecule is c1ccc(-c2ccc3cc(-n4c5ccccc5c5cc6c7ccccc7n(-c7ccc(-c8ccc9ccccc9c8)cc7)c6cc54)ccc3c2)cc1. The minimum absolute atomic E-state index is 1.15. The number of fused-ring (bicyclic) bond motifs is 8.